The van der Waals surface area contributed by atoms with Crippen LogP contribution in [0.3, 0.4) is 0 Å². The Bertz CT molecular complexity index is 55.7. The van der Waals surface area contributed by atoms with E-state index < -0.39 is 0 Å². The molecule has 0 spiro atoms. The maximum atomic E-state index is 3.08. The van der Waals surface area contributed by atoms with Crippen LogP contribution >= 0.6 is 28.4 Å². The van der Waals surface area contributed by atoms with Crippen molar-refractivity contribution >= 4 is 28.4 Å². The van der Waals surface area contributed by atoms with Crippen molar-refractivity contribution in [2.45, 2.75) is 13.3 Å². The van der Waals surface area contributed by atoms with Crippen molar-refractivity contribution in [2.24, 2.45) is 0 Å². The van der Waals surface area contributed by atoms with Crippen molar-refractivity contribution in [1.29, 1.82) is 0 Å². The molecule has 1 N–H and O–H groups in total. The summed E-state index contributed by atoms with van der Waals surface area (Å²) in [5.74, 6) is 0. The largest absolute Gasteiger partial charge is 0.365 e. The molecule has 0 fully saturated rings. The third-order valence-electron chi connectivity index (χ3n) is 0.491. The first-order valence-corrected chi connectivity index (χ1v) is 6.29. The highest BCUT2D eigenvalue weighted by Crippen LogP contribution is 2.13. The van der Waals surface area contributed by atoms with Crippen LogP contribution in [0, 0.1) is 0 Å². The molecule has 0 aliphatic carbocycles. The van der Waals surface area contributed by atoms with Gasteiger partial charge in [0.15, 0.2) is 0 Å². The molecule has 7 heavy (non-hydrogen) atoms. The molecular weight excluding hydrogens is 220 g/mol. The highest BCUT2D eigenvalue weighted by atomic mass is 127. The Kier molecular flexibility index (Phi) is 7.37. The molecule has 1 atom stereocenters. The summed E-state index contributed by atoms with van der Waals surface area (Å²) >= 11 is 2.29. The molecule has 0 heterocycles. The van der Waals surface area contributed by atoms with Crippen molar-refractivity contribution in [3.05, 3.63) is 12.3 Å². The van der Waals surface area contributed by atoms with E-state index in [1.807, 2.05) is 6.20 Å². The van der Waals surface area contributed by atoms with Gasteiger partial charge in [-0.25, -0.2) is 0 Å². The third-order valence-corrected chi connectivity index (χ3v) is 1.70. The third kappa shape index (κ3) is 6.70. The van der Waals surface area contributed by atoms with Crippen molar-refractivity contribution in [3.63, 3.8) is 0 Å². The van der Waals surface area contributed by atoms with E-state index in [2.05, 4.69) is 40.1 Å². The lowest BCUT2D eigenvalue weighted by Crippen LogP contribution is -1.79. The number of rotatable bonds is 3. The SMILES string of the molecule is CC/C=C\NPI. The van der Waals surface area contributed by atoms with E-state index in [4.69, 9.17) is 0 Å². The van der Waals surface area contributed by atoms with Gasteiger partial charge in [0.05, 0.1) is 0 Å². The molecule has 42 valence electrons. The van der Waals surface area contributed by atoms with Gasteiger partial charge in [0.1, 0.15) is 0 Å². The molecule has 0 aromatic carbocycles. The van der Waals surface area contributed by atoms with Gasteiger partial charge in [-0.15, -0.1) is 0 Å². The van der Waals surface area contributed by atoms with E-state index >= 15 is 0 Å². The summed E-state index contributed by atoms with van der Waals surface area (Å²) in [4.78, 5) is 0. The summed E-state index contributed by atoms with van der Waals surface area (Å²) in [5, 5.41) is 3.08. The topological polar surface area (TPSA) is 12.0 Å². The van der Waals surface area contributed by atoms with Crippen molar-refractivity contribution < 1.29 is 0 Å². The fourth-order valence-electron chi connectivity index (χ4n) is 0.208. The number of hydrogen-bond donors (Lipinski definition) is 1. The van der Waals surface area contributed by atoms with Gasteiger partial charge in [0.25, 0.3) is 0 Å². The maximum Gasteiger partial charge on any atom is 0.0393 e. The molecule has 0 aromatic heterocycles. The second-order valence-corrected chi connectivity index (χ2v) is 3.15. The maximum absolute atomic E-state index is 3.08. The van der Waals surface area contributed by atoms with Gasteiger partial charge >= 0.3 is 0 Å². The Morgan fingerprint density at radius 3 is 3.00 bits per heavy atom. The zero-order valence-corrected chi connectivity index (χ0v) is 7.40. The summed E-state index contributed by atoms with van der Waals surface area (Å²) in [5.41, 5.74) is 0. The normalized spacial score (nSPS) is 11.7. The van der Waals surface area contributed by atoms with Crippen LogP contribution < -0.4 is 5.09 Å². The van der Waals surface area contributed by atoms with Crippen LogP contribution in [0.25, 0.3) is 0 Å². The summed E-state index contributed by atoms with van der Waals surface area (Å²) < 4.78 is 0. The van der Waals surface area contributed by atoms with Gasteiger partial charge in [-0.05, 0) is 34.7 Å². The Morgan fingerprint density at radius 1 is 1.86 bits per heavy atom. The van der Waals surface area contributed by atoms with E-state index in [0.29, 0.717) is 0 Å². The predicted octanol–water partition coefficient (Wildman–Crippen LogP) is 2.44. The number of hydrogen-bond acceptors (Lipinski definition) is 1. The molecular formula is C4H9INP. The molecule has 0 radical (unpaired) electrons. The summed E-state index contributed by atoms with van der Waals surface area (Å²) in [6, 6.07) is 0. The molecule has 0 aromatic rings. The van der Waals surface area contributed by atoms with Gasteiger partial charge < -0.3 is 5.09 Å². The Hall–Kier alpha value is 0.700. The minimum Gasteiger partial charge on any atom is -0.365 e. The molecule has 0 saturated heterocycles. The fraction of sp³-hybridized carbons (Fsp3) is 0.500. The summed E-state index contributed by atoms with van der Waals surface area (Å²) in [6.45, 7) is 2.12. The van der Waals surface area contributed by atoms with Gasteiger partial charge in [-0.2, -0.15) is 0 Å². The van der Waals surface area contributed by atoms with Crippen LogP contribution in [0.15, 0.2) is 12.3 Å². The molecule has 0 aliphatic heterocycles. The van der Waals surface area contributed by atoms with E-state index in [-0.39, 0.29) is 0 Å². The van der Waals surface area contributed by atoms with Gasteiger partial charge in [-0.1, -0.05) is 13.0 Å². The average Bonchev–Trinajstić information content (AvgIpc) is 1.69. The number of halogens is 1. The van der Waals surface area contributed by atoms with Crippen LogP contribution in [-0.4, -0.2) is 0 Å². The predicted molar refractivity (Wildman–Crippen MR) is 44.9 cm³/mol. The summed E-state index contributed by atoms with van der Waals surface area (Å²) in [6.07, 6.45) is 6.01. The quantitative estimate of drug-likeness (QED) is 0.578. The highest BCUT2D eigenvalue weighted by Gasteiger charge is 1.64. The number of allylic oxidation sites excluding steroid dienone is 1. The first-order valence-electron chi connectivity index (χ1n) is 2.18. The molecule has 0 aliphatic rings. The number of nitrogens with one attached hydrogen (secondary N) is 1. The van der Waals surface area contributed by atoms with E-state index in [1.165, 1.54) is 0 Å². The molecule has 0 rings (SSSR count). The first kappa shape index (κ1) is 7.70. The Balaban J connectivity index is 2.78. The van der Waals surface area contributed by atoms with Crippen LogP contribution in [0.1, 0.15) is 13.3 Å². The molecule has 0 bridgehead atoms. The summed E-state index contributed by atoms with van der Waals surface area (Å²) in [7, 11) is 0. The minimum atomic E-state index is 0.801. The second-order valence-electron chi connectivity index (χ2n) is 1.05. The van der Waals surface area contributed by atoms with Crippen LogP contribution in [0.2, 0.25) is 0 Å². The van der Waals surface area contributed by atoms with Crippen molar-refractivity contribution in [3.8, 4) is 0 Å². The minimum absolute atomic E-state index is 0.801. The molecule has 0 saturated carbocycles. The zero-order valence-electron chi connectivity index (χ0n) is 4.24. The lowest BCUT2D eigenvalue weighted by atomic mass is 10.5. The first-order chi connectivity index (χ1) is 3.41. The van der Waals surface area contributed by atoms with E-state index in [0.717, 1.165) is 12.8 Å². The van der Waals surface area contributed by atoms with Gasteiger partial charge in [0.2, 0.25) is 0 Å². The van der Waals surface area contributed by atoms with Crippen molar-refractivity contribution in [1.82, 2.24) is 5.09 Å². The standard InChI is InChI=1S/C4H9INP/c1-2-3-4-6-7-5/h3-4,6-7H,2H2,1H3/b4-3-. The average molecular weight is 229 g/mol. The van der Waals surface area contributed by atoms with E-state index in [9.17, 15) is 0 Å². The monoisotopic (exact) mass is 229 g/mol. The van der Waals surface area contributed by atoms with Crippen molar-refractivity contribution in [2.75, 3.05) is 0 Å². The van der Waals surface area contributed by atoms with Crippen LogP contribution in [0.4, 0.5) is 0 Å². The zero-order chi connectivity index (χ0) is 5.54. The Labute approximate surface area is 59.3 Å². The molecule has 1 unspecified atom stereocenters. The Morgan fingerprint density at radius 2 is 2.57 bits per heavy atom. The molecule has 3 heteroatoms. The van der Waals surface area contributed by atoms with Crippen LogP contribution in [0.5, 0.6) is 0 Å². The lowest BCUT2D eigenvalue weighted by molar-refractivity contribution is 1.20. The fourth-order valence-corrected chi connectivity index (χ4v) is 0.928. The van der Waals surface area contributed by atoms with E-state index in [1.54, 1.807) is 0 Å². The smallest absolute Gasteiger partial charge is 0.0393 e. The highest BCUT2D eigenvalue weighted by molar-refractivity contribution is 14.2. The molecule has 0 amide bonds. The van der Waals surface area contributed by atoms with Gasteiger partial charge in [0, 0.05) is 6.37 Å². The molecule has 1 nitrogen and oxygen atoms in total. The van der Waals surface area contributed by atoms with Crippen LogP contribution in [-0.2, 0) is 0 Å². The second kappa shape index (κ2) is 6.70. The van der Waals surface area contributed by atoms with Gasteiger partial charge in [-0.3, -0.25) is 0 Å². The lowest BCUT2D eigenvalue weighted by Gasteiger charge is -1.85.